The van der Waals surface area contributed by atoms with Crippen molar-refractivity contribution in [3.63, 3.8) is 0 Å². The Labute approximate surface area is 76.9 Å². The summed E-state index contributed by atoms with van der Waals surface area (Å²) in [5.74, 6) is 0.0947. The third-order valence-electron chi connectivity index (χ3n) is 2.65. The van der Waals surface area contributed by atoms with Crippen molar-refractivity contribution in [1.29, 1.82) is 0 Å². The Hall–Kier alpha value is -1.51. The van der Waals surface area contributed by atoms with Crippen molar-refractivity contribution < 1.29 is 4.79 Å². The van der Waals surface area contributed by atoms with Crippen molar-refractivity contribution in [1.82, 2.24) is 5.32 Å². The van der Waals surface area contributed by atoms with Crippen LogP contribution in [0.25, 0.3) is 0 Å². The molecule has 0 bridgehead atoms. The Morgan fingerprint density at radius 1 is 1.38 bits per heavy atom. The summed E-state index contributed by atoms with van der Waals surface area (Å²) >= 11 is 0. The Morgan fingerprint density at radius 2 is 2.00 bits per heavy atom. The summed E-state index contributed by atoms with van der Waals surface area (Å²) in [5, 5.41) is 2.74. The molecule has 0 radical (unpaired) electrons. The Kier molecular flexibility index (Phi) is 1.55. The molecule has 0 aliphatic carbocycles. The quantitative estimate of drug-likeness (QED) is 0.487. The molecule has 0 aromatic heterocycles. The SMILES string of the molecule is CC1(c2ccc(N)cc2)CNC1=O. The van der Waals surface area contributed by atoms with E-state index in [-0.39, 0.29) is 11.3 Å². The molecule has 1 aliphatic heterocycles. The number of rotatable bonds is 1. The lowest BCUT2D eigenvalue weighted by molar-refractivity contribution is -0.132. The Balaban J connectivity index is 2.35. The zero-order valence-corrected chi connectivity index (χ0v) is 7.50. The highest BCUT2D eigenvalue weighted by Crippen LogP contribution is 2.29. The fourth-order valence-electron chi connectivity index (χ4n) is 1.51. The maximum atomic E-state index is 11.3. The summed E-state index contributed by atoms with van der Waals surface area (Å²) in [7, 11) is 0. The van der Waals surface area contributed by atoms with Gasteiger partial charge in [-0.25, -0.2) is 0 Å². The number of carbonyl (C=O) groups excluding carboxylic acids is 1. The van der Waals surface area contributed by atoms with Crippen LogP contribution in [0.5, 0.6) is 0 Å². The number of hydrogen-bond acceptors (Lipinski definition) is 2. The summed E-state index contributed by atoms with van der Waals surface area (Å²) < 4.78 is 0. The van der Waals surface area contributed by atoms with Crippen LogP contribution < -0.4 is 11.1 Å². The fourth-order valence-corrected chi connectivity index (χ4v) is 1.51. The molecule has 1 unspecified atom stereocenters. The average molecular weight is 176 g/mol. The molecule has 1 aromatic carbocycles. The smallest absolute Gasteiger partial charge is 0.232 e. The summed E-state index contributed by atoms with van der Waals surface area (Å²) in [6.07, 6.45) is 0. The summed E-state index contributed by atoms with van der Waals surface area (Å²) in [6, 6.07) is 7.47. The van der Waals surface area contributed by atoms with Crippen LogP contribution in [0.3, 0.4) is 0 Å². The lowest BCUT2D eigenvalue weighted by Gasteiger charge is -2.37. The zero-order valence-electron chi connectivity index (χ0n) is 7.50. The normalized spacial score (nSPS) is 26.4. The second kappa shape index (κ2) is 2.49. The second-order valence-electron chi connectivity index (χ2n) is 3.64. The minimum Gasteiger partial charge on any atom is -0.399 e. The van der Waals surface area contributed by atoms with Crippen LogP contribution in [0.1, 0.15) is 12.5 Å². The molecule has 68 valence electrons. The van der Waals surface area contributed by atoms with E-state index >= 15 is 0 Å². The van der Waals surface area contributed by atoms with Crippen molar-refractivity contribution in [2.24, 2.45) is 0 Å². The number of nitrogen functional groups attached to an aromatic ring is 1. The van der Waals surface area contributed by atoms with Crippen molar-refractivity contribution in [3.05, 3.63) is 29.8 Å². The van der Waals surface area contributed by atoms with Gasteiger partial charge in [0.15, 0.2) is 0 Å². The van der Waals surface area contributed by atoms with E-state index in [0.29, 0.717) is 0 Å². The van der Waals surface area contributed by atoms with Crippen LogP contribution in [0.15, 0.2) is 24.3 Å². The molecule has 1 saturated heterocycles. The van der Waals surface area contributed by atoms with Crippen molar-refractivity contribution in [2.75, 3.05) is 12.3 Å². The first-order valence-corrected chi connectivity index (χ1v) is 4.27. The Morgan fingerprint density at radius 3 is 2.38 bits per heavy atom. The van der Waals surface area contributed by atoms with E-state index in [2.05, 4.69) is 5.32 Å². The minimum absolute atomic E-state index is 0.0947. The maximum absolute atomic E-state index is 11.3. The topological polar surface area (TPSA) is 55.1 Å². The third-order valence-corrected chi connectivity index (χ3v) is 2.65. The van der Waals surface area contributed by atoms with Crippen LogP contribution in [0.4, 0.5) is 5.69 Å². The first-order chi connectivity index (χ1) is 6.13. The summed E-state index contributed by atoms with van der Waals surface area (Å²) in [5.41, 5.74) is 6.99. The molecule has 1 atom stereocenters. The van der Waals surface area contributed by atoms with Gasteiger partial charge < -0.3 is 11.1 Å². The molecule has 3 nitrogen and oxygen atoms in total. The van der Waals surface area contributed by atoms with E-state index in [9.17, 15) is 4.79 Å². The van der Waals surface area contributed by atoms with E-state index < -0.39 is 0 Å². The van der Waals surface area contributed by atoms with Crippen LogP contribution in [-0.4, -0.2) is 12.5 Å². The van der Waals surface area contributed by atoms with Crippen LogP contribution >= 0.6 is 0 Å². The first kappa shape index (κ1) is 8.10. The van der Waals surface area contributed by atoms with Gasteiger partial charge in [-0.3, -0.25) is 4.79 Å². The predicted octanol–water partition coefficient (Wildman–Crippen LogP) is 0.656. The third kappa shape index (κ3) is 1.08. The highest BCUT2D eigenvalue weighted by Gasteiger charge is 2.42. The lowest BCUT2D eigenvalue weighted by atomic mass is 9.76. The number of carbonyl (C=O) groups is 1. The molecule has 1 aliphatic rings. The molecular weight excluding hydrogens is 164 g/mol. The van der Waals surface area contributed by atoms with Crippen LogP contribution in [-0.2, 0) is 10.2 Å². The van der Waals surface area contributed by atoms with E-state index in [4.69, 9.17) is 5.73 Å². The van der Waals surface area contributed by atoms with Gasteiger partial charge >= 0.3 is 0 Å². The zero-order chi connectivity index (χ0) is 9.47. The van der Waals surface area contributed by atoms with Gasteiger partial charge in [-0.05, 0) is 24.6 Å². The fraction of sp³-hybridized carbons (Fsp3) is 0.300. The highest BCUT2D eigenvalue weighted by atomic mass is 16.2. The molecule has 0 saturated carbocycles. The molecule has 0 spiro atoms. The number of hydrogen-bond donors (Lipinski definition) is 2. The Bertz CT molecular complexity index is 344. The molecule has 1 fully saturated rings. The first-order valence-electron chi connectivity index (χ1n) is 4.27. The summed E-state index contributed by atoms with van der Waals surface area (Å²) in [4.78, 5) is 11.3. The van der Waals surface area contributed by atoms with Gasteiger partial charge in [-0.2, -0.15) is 0 Å². The lowest BCUT2D eigenvalue weighted by Crippen LogP contribution is -2.60. The van der Waals surface area contributed by atoms with Crippen molar-refractivity contribution >= 4 is 11.6 Å². The number of β-lactam (4-membered cyclic amide) rings is 1. The van der Waals surface area contributed by atoms with E-state index in [1.807, 2.05) is 31.2 Å². The maximum Gasteiger partial charge on any atom is 0.232 e. The molecule has 3 N–H and O–H groups in total. The molecule has 1 amide bonds. The number of benzene rings is 1. The van der Waals surface area contributed by atoms with Gasteiger partial charge in [0.25, 0.3) is 0 Å². The van der Waals surface area contributed by atoms with E-state index in [1.54, 1.807) is 0 Å². The molecule has 1 heterocycles. The second-order valence-corrected chi connectivity index (χ2v) is 3.64. The van der Waals surface area contributed by atoms with Crippen LogP contribution in [0, 0.1) is 0 Å². The van der Waals surface area contributed by atoms with Gasteiger partial charge in [0, 0.05) is 12.2 Å². The average Bonchev–Trinajstić information content (AvgIpc) is 2.15. The van der Waals surface area contributed by atoms with E-state index in [1.165, 1.54) is 0 Å². The van der Waals surface area contributed by atoms with Crippen molar-refractivity contribution in [2.45, 2.75) is 12.3 Å². The predicted molar refractivity (Wildman–Crippen MR) is 51.2 cm³/mol. The van der Waals surface area contributed by atoms with Gasteiger partial charge in [0.2, 0.25) is 5.91 Å². The summed E-state index contributed by atoms with van der Waals surface area (Å²) in [6.45, 7) is 2.66. The van der Waals surface area contributed by atoms with E-state index in [0.717, 1.165) is 17.8 Å². The van der Waals surface area contributed by atoms with Gasteiger partial charge in [-0.15, -0.1) is 0 Å². The van der Waals surface area contributed by atoms with Gasteiger partial charge in [0.1, 0.15) is 0 Å². The molecule has 2 rings (SSSR count). The standard InChI is InChI=1S/C10H12N2O/c1-10(6-12-9(10)13)7-2-4-8(11)5-3-7/h2-5H,6,11H2,1H3,(H,12,13). The molecule has 13 heavy (non-hydrogen) atoms. The number of anilines is 1. The number of nitrogens with one attached hydrogen (secondary N) is 1. The van der Waals surface area contributed by atoms with Gasteiger partial charge in [0.05, 0.1) is 5.41 Å². The number of nitrogens with two attached hydrogens (primary N) is 1. The monoisotopic (exact) mass is 176 g/mol. The van der Waals surface area contributed by atoms with Crippen LogP contribution in [0.2, 0.25) is 0 Å². The molecule has 1 aromatic rings. The number of amides is 1. The largest absolute Gasteiger partial charge is 0.399 e. The van der Waals surface area contributed by atoms with Crippen molar-refractivity contribution in [3.8, 4) is 0 Å². The highest BCUT2D eigenvalue weighted by molar-refractivity contribution is 5.93. The minimum atomic E-state index is -0.340. The molecular formula is C10H12N2O. The molecule has 3 heteroatoms. The van der Waals surface area contributed by atoms with Gasteiger partial charge in [-0.1, -0.05) is 12.1 Å².